The van der Waals surface area contributed by atoms with Gasteiger partial charge in [0.2, 0.25) is 0 Å². The first-order valence-corrected chi connectivity index (χ1v) is 5.49. The lowest BCUT2D eigenvalue weighted by Crippen LogP contribution is -2.19. The SMILES string of the molecule is COc1ccc(NC(N)=O)cc1/N=N/N(C)COC=O. The molecule has 0 aliphatic heterocycles. The maximum Gasteiger partial charge on any atom is 0.316 e. The van der Waals surface area contributed by atoms with Crippen molar-refractivity contribution >= 4 is 23.9 Å². The molecule has 0 spiro atoms. The first-order chi connectivity index (χ1) is 9.56. The molecule has 0 radical (unpaired) electrons. The van der Waals surface area contributed by atoms with Crippen LogP contribution in [0.15, 0.2) is 28.5 Å². The molecule has 1 aromatic carbocycles. The fourth-order valence-electron chi connectivity index (χ4n) is 1.28. The summed E-state index contributed by atoms with van der Waals surface area (Å²) in [6.07, 6.45) is 0. The molecular formula is C11H15N5O4. The largest absolute Gasteiger partial charge is 0.494 e. The highest BCUT2D eigenvalue weighted by atomic mass is 16.5. The molecule has 0 heterocycles. The fourth-order valence-corrected chi connectivity index (χ4v) is 1.28. The normalized spacial score (nSPS) is 10.1. The molecule has 9 heteroatoms. The Kier molecular flexibility index (Phi) is 5.75. The third-order valence-corrected chi connectivity index (χ3v) is 2.08. The Morgan fingerprint density at radius 1 is 1.55 bits per heavy atom. The Morgan fingerprint density at radius 2 is 2.30 bits per heavy atom. The molecule has 0 saturated carbocycles. The Bertz CT molecular complexity index is 506. The van der Waals surface area contributed by atoms with Crippen molar-refractivity contribution in [2.45, 2.75) is 0 Å². The van der Waals surface area contributed by atoms with Gasteiger partial charge in [-0.2, -0.15) is 0 Å². The molecule has 0 fully saturated rings. The van der Waals surface area contributed by atoms with Crippen molar-refractivity contribution in [3.05, 3.63) is 18.2 Å². The van der Waals surface area contributed by atoms with E-state index in [2.05, 4.69) is 20.4 Å². The molecule has 0 unspecified atom stereocenters. The quantitative estimate of drug-likeness (QED) is 0.337. The topological polar surface area (TPSA) is 119 Å². The highest BCUT2D eigenvalue weighted by molar-refractivity contribution is 5.88. The van der Waals surface area contributed by atoms with Gasteiger partial charge in [0.05, 0.1) is 7.11 Å². The zero-order chi connectivity index (χ0) is 15.0. The van der Waals surface area contributed by atoms with Crippen LogP contribution >= 0.6 is 0 Å². The van der Waals surface area contributed by atoms with Crippen molar-refractivity contribution in [3.63, 3.8) is 0 Å². The van der Waals surface area contributed by atoms with Crippen molar-refractivity contribution in [3.8, 4) is 5.75 Å². The monoisotopic (exact) mass is 281 g/mol. The number of primary amides is 1. The van der Waals surface area contributed by atoms with Gasteiger partial charge in [-0.15, -0.1) is 5.11 Å². The van der Waals surface area contributed by atoms with Gasteiger partial charge in [-0.1, -0.05) is 5.22 Å². The van der Waals surface area contributed by atoms with Crippen LogP contribution in [-0.4, -0.2) is 38.4 Å². The maximum absolute atomic E-state index is 10.8. The van der Waals surface area contributed by atoms with Crippen molar-refractivity contribution in [2.24, 2.45) is 16.1 Å². The van der Waals surface area contributed by atoms with E-state index in [0.717, 1.165) is 0 Å². The molecule has 9 nitrogen and oxygen atoms in total. The van der Waals surface area contributed by atoms with Crippen LogP contribution in [0.4, 0.5) is 16.2 Å². The smallest absolute Gasteiger partial charge is 0.316 e. The van der Waals surface area contributed by atoms with Gasteiger partial charge in [0.25, 0.3) is 6.47 Å². The van der Waals surface area contributed by atoms with E-state index in [9.17, 15) is 9.59 Å². The van der Waals surface area contributed by atoms with Gasteiger partial charge in [-0.05, 0) is 18.2 Å². The number of hydrogen-bond donors (Lipinski definition) is 2. The number of methoxy groups -OCH3 is 1. The number of nitrogens with two attached hydrogens (primary N) is 1. The maximum atomic E-state index is 10.8. The number of anilines is 1. The van der Waals surface area contributed by atoms with Gasteiger partial charge < -0.3 is 20.5 Å². The molecule has 0 aromatic heterocycles. The van der Waals surface area contributed by atoms with Gasteiger partial charge in [0.15, 0.2) is 6.73 Å². The van der Waals surface area contributed by atoms with E-state index >= 15 is 0 Å². The number of carbonyl (C=O) groups is 2. The summed E-state index contributed by atoms with van der Waals surface area (Å²) in [5, 5.41) is 11.5. The molecule has 0 saturated heterocycles. The molecule has 3 N–H and O–H groups in total. The van der Waals surface area contributed by atoms with Gasteiger partial charge in [-0.25, -0.2) is 9.80 Å². The van der Waals surface area contributed by atoms with Crippen LogP contribution in [0.2, 0.25) is 0 Å². The Morgan fingerprint density at radius 3 is 2.90 bits per heavy atom. The van der Waals surface area contributed by atoms with Crippen molar-refractivity contribution < 1.29 is 19.1 Å². The number of urea groups is 1. The van der Waals surface area contributed by atoms with Crippen molar-refractivity contribution in [2.75, 3.05) is 26.2 Å². The van der Waals surface area contributed by atoms with Crippen molar-refractivity contribution in [1.82, 2.24) is 5.01 Å². The first-order valence-electron chi connectivity index (χ1n) is 5.49. The van der Waals surface area contributed by atoms with Crippen LogP contribution in [0.3, 0.4) is 0 Å². The summed E-state index contributed by atoms with van der Waals surface area (Å²) < 4.78 is 9.62. The van der Waals surface area contributed by atoms with E-state index < -0.39 is 6.03 Å². The van der Waals surface area contributed by atoms with E-state index in [0.29, 0.717) is 23.6 Å². The predicted molar refractivity (Wildman–Crippen MR) is 70.5 cm³/mol. The third-order valence-electron chi connectivity index (χ3n) is 2.08. The molecule has 0 atom stereocenters. The highest BCUT2D eigenvalue weighted by Gasteiger charge is 2.05. The number of benzene rings is 1. The van der Waals surface area contributed by atoms with Gasteiger partial charge in [-0.3, -0.25) is 4.79 Å². The molecule has 1 rings (SSSR count). The van der Waals surface area contributed by atoms with E-state index in [4.69, 9.17) is 10.5 Å². The van der Waals surface area contributed by atoms with Crippen LogP contribution < -0.4 is 15.8 Å². The van der Waals surface area contributed by atoms with Crippen LogP contribution in [0.5, 0.6) is 5.75 Å². The van der Waals surface area contributed by atoms with Gasteiger partial charge in [0.1, 0.15) is 11.4 Å². The Balaban J connectivity index is 2.87. The summed E-state index contributed by atoms with van der Waals surface area (Å²) in [6, 6.07) is 4.08. The summed E-state index contributed by atoms with van der Waals surface area (Å²) in [6.45, 7) is 0.276. The zero-order valence-corrected chi connectivity index (χ0v) is 11.1. The minimum absolute atomic E-state index is 0.0332. The number of hydrogen-bond acceptors (Lipinski definition) is 6. The fraction of sp³-hybridized carbons (Fsp3) is 0.273. The lowest BCUT2D eigenvalue weighted by atomic mass is 10.2. The molecule has 108 valence electrons. The minimum atomic E-state index is -0.686. The average Bonchev–Trinajstić information content (AvgIpc) is 2.42. The standard InChI is InChI=1S/C11H15N5O4/c1-16(6-20-7-17)15-14-9-5-8(13-11(12)18)3-4-10(9)19-2/h3-5,7H,6H2,1-2H3,(H3,12,13,18)/b15-14+. The Labute approximate surface area is 115 Å². The summed E-state index contributed by atoms with van der Waals surface area (Å²) in [5.41, 5.74) is 5.87. The van der Waals surface area contributed by atoms with Crippen LogP contribution in [0.1, 0.15) is 0 Å². The van der Waals surface area contributed by atoms with Crippen LogP contribution in [0, 0.1) is 0 Å². The highest BCUT2D eigenvalue weighted by Crippen LogP contribution is 2.30. The molecule has 0 aliphatic rings. The number of rotatable bonds is 7. The van der Waals surface area contributed by atoms with Crippen LogP contribution in [-0.2, 0) is 9.53 Å². The number of nitrogens with zero attached hydrogens (tertiary/aromatic N) is 3. The van der Waals surface area contributed by atoms with E-state index in [1.165, 1.54) is 12.1 Å². The minimum Gasteiger partial charge on any atom is -0.494 e. The number of amides is 2. The molecular weight excluding hydrogens is 266 g/mol. The zero-order valence-electron chi connectivity index (χ0n) is 11.1. The van der Waals surface area contributed by atoms with Gasteiger partial charge >= 0.3 is 6.03 Å². The van der Waals surface area contributed by atoms with Gasteiger partial charge in [0, 0.05) is 12.7 Å². The van der Waals surface area contributed by atoms with Crippen LogP contribution in [0.25, 0.3) is 0 Å². The summed E-state index contributed by atoms with van der Waals surface area (Å²) in [7, 11) is 3.06. The molecule has 2 amide bonds. The third kappa shape index (κ3) is 4.80. The lowest BCUT2D eigenvalue weighted by molar-refractivity contribution is -0.132. The second-order valence-electron chi connectivity index (χ2n) is 3.61. The summed E-state index contributed by atoms with van der Waals surface area (Å²) in [4.78, 5) is 20.8. The van der Waals surface area contributed by atoms with Crippen molar-refractivity contribution in [1.29, 1.82) is 0 Å². The van der Waals surface area contributed by atoms with E-state index in [1.54, 1.807) is 25.2 Å². The lowest BCUT2D eigenvalue weighted by Gasteiger charge is -2.10. The second kappa shape index (κ2) is 7.56. The number of carbonyl (C=O) groups excluding carboxylic acids is 2. The van der Waals surface area contributed by atoms with E-state index in [-0.39, 0.29) is 6.73 Å². The average molecular weight is 281 g/mol. The summed E-state index contributed by atoms with van der Waals surface area (Å²) in [5.74, 6) is 0.466. The first kappa shape index (κ1) is 15.2. The number of ether oxygens (including phenoxy) is 2. The second-order valence-corrected chi connectivity index (χ2v) is 3.61. The molecule has 0 bridgehead atoms. The summed E-state index contributed by atoms with van der Waals surface area (Å²) >= 11 is 0. The molecule has 0 aliphatic carbocycles. The Hall–Kier alpha value is -2.84. The molecule has 1 aromatic rings. The van der Waals surface area contributed by atoms with E-state index in [1.807, 2.05) is 0 Å². The molecule has 20 heavy (non-hydrogen) atoms. The number of nitrogens with one attached hydrogen (secondary N) is 1. The predicted octanol–water partition coefficient (Wildman–Crippen LogP) is 1.25.